The van der Waals surface area contributed by atoms with Crippen molar-refractivity contribution < 1.29 is 18.1 Å². The molecule has 0 fully saturated rings. The third kappa shape index (κ3) is 3.70. The molecule has 2 N–H and O–H groups in total. The molecule has 23 heavy (non-hydrogen) atoms. The molecule has 0 spiro atoms. The summed E-state index contributed by atoms with van der Waals surface area (Å²) in [6.07, 6.45) is 0. The SMILES string of the molecule is Cc1cc([N+](=O)[O-])nn1CC(F)(F)C(N)c1cc(Br)ccc1F. The molecule has 0 amide bonds. The van der Waals surface area contributed by atoms with E-state index in [0.717, 1.165) is 16.8 Å². The van der Waals surface area contributed by atoms with Crippen molar-refractivity contribution in [2.75, 3.05) is 0 Å². The first-order valence-electron chi connectivity index (χ1n) is 6.39. The van der Waals surface area contributed by atoms with Gasteiger partial charge in [-0.3, -0.25) is 0 Å². The van der Waals surface area contributed by atoms with E-state index < -0.39 is 35.1 Å². The Morgan fingerprint density at radius 2 is 2.13 bits per heavy atom. The summed E-state index contributed by atoms with van der Waals surface area (Å²) in [4.78, 5) is 9.85. The van der Waals surface area contributed by atoms with Crippen LogP contribution in [0.1, 0.15) is 17.3 Å². The third-order valence-corrected chi connectivity index (χ3v) is 3.76. The molecule has 124 valence electrons. The van der Waals surface area contributed by atoms with Gasteiger partial charge in [0.05, 0.1) is 22.9 Å². The Morgan fingerprint density at radius 1 is 1.48 bits per heavy atom. The first-order valence-corrected chi connectivity index (χ1v) is 7.18. The molecule has 1 atom stereocenters. The second-order valence-corrected chi connectivity index (χ2v) is 5.88. The molecular weight excluding hydrogens is 381 g/mol. The summed E-state index contributed by atoms with van der Waals surface area (Å²) >= 11 is 3.07. The quantitative estimate of drug-likeness (QED) is 0.624. The van der Waals surface area contributed by atoms with Gasteiger partial charge in [-0.25, -0.2) is 13.2 Å². The molecule has 0 saturated carbocycles. The van der Waals surface area contributed by atoms with Gasteiger partial charge >= 0.3 is 5.82 Å². The van der Waals surface area contributed by atoms with Crippen LogP contribution in [0.3, 0.4) is 0 Å². The molecule has 0 bridgehead atoms. The maximum atomic E-state index is 14.4. The zero-order valence-corrected chi connectivity index (χ0v) is 13.4. The molecular formula is C13H12BrF3N4O2. The lowest BCUT2D eigenvalue weighted by atomic mass is 10.0. The Hall–Kier alpha value is -1.94. The summed E-state index contributed by atoms with van der Waals surface area (Å²) in [6.45, 7) is 0.404. The van der Waals surface area contributed by atoms with Crippen molar-refractivity contribution in [3.05, 3.63) is 55.9 Å². The average molecular weight is 393 g/mol. The van der Waals surface area contributed by atoms with Crippen molar-refractivity contribution in [1.82, 2.24) is 9.78 Å². The first-order chi connectivity index (χ1) is 10.6. The van der Waals surface area contributed by atoms with Crippen LogP contribution < -0.4 is 5.73 Å². The van der Waals surface area contributed by atoms with Gasteiger partial charge in [0, 0.05) is 10.0 Å². The van der Waals surface area contributed by atoms with Crippen molar-refractivity contribution in [1.29, 1.82) is 0 Å². The van der Waals surface area contributed by atoms with E-state index in [-0.39, 0.29) is 11.3 Å². The number of aromatic nitrogens is 2. The van der Waals surface area contributed by atoms with Gasteiger partial charge in [-0.1, -0.05) is 15.9 Å². The zero-order valence-electron chi connectivity index (χ0n) is 11.8. The molecule has 1 unspecified atom stereocenters. The first kappa shape index (κ1) is 17.4. The van der Waals surface area contributed by atoms with Gasteiger partial charge in [-0.05, 0) is 30.0 Å². The number of rotatable bonds is 5. The fourth-order valence-corrected chi connectivity index (χ4v) is 2.40. The number of alkyl halides is 2. The van der Waals surface area contributed by atoms with E-state index in [9.17, 15) is 23.3 Å². The fourth-order valence-electron chi connectivity index (χ4n) is 2.02. The van der Waals surface area contributed by atoms with Gasteiger partial charge in [0.2, 0.25) is 0 Å². The maximum absolute atomic E-state index is 14.4. The number of hydrogen-bond donors (Lipinski definition) is 1. The molecule has 1 aromatic heterocycles. The molecule has 0 radical (unpaired) electrons. The molecule has 6 nitrogen and oxygen atoms in total. The largest absolute Gasteiger partial charge is 0.390 e. The van der Waals surface area contributed by atoms with Gasteiger partial charge in [0.15, 0.2) is 0 Å². The second kappa shape index (κ2) is 6.28. The maximum Gasteiger partial charge on any atom is 0.390 e. The van der Waals surface area contributed by atoms with Crippen molar-refractivity contribution in [3.63, 3.8) is 0 Å². The van der Waals surface area contributed by atoms with Crippen LogP contribution in [0.4, 0.5) is 19.0 Å². The van der Waals surface area contributed by atoms with E-state index in [0.29, 0.717) is 4.47 Å². The van der Waals surface area contributed by atoms with Gasteiger partial charge < -0.3 is 15.8 Å². The van der Waals surface area contributed by atoms with Crippen molar-refractivity contribution in [2.24, 2.45) is 5.73 Å². The molecule has 1 heterocycles. The summed E-state index contributed by atoms with van der Waals surface area (Å²) in [5.74, 6) is -4.96. The standard InChI is InChI=1S/C13H12BrF3N4O2/c1-7-4-11(21(22)23)19-20(7)6-13(16,17)12(18)9-5-8(14)2-3-10(9)15/h2-5,12H,6,18H2,1H3. The Balaban J connectivity index is 2.30. The molecule has 0 aliphatic rings. The molecule has 10 heteroatoms. The number of aryl methyl sites for hydroxylation is 1. The highest BCUT2D eigenvalue weighted by molar-refractivity contribution is 9.10. The number of halogens is 4. The molecule has 2 rings (SSSR count). The minimum Gasteiger partial charge on any atom is -0.358 e. The minimum absolute atomic E-state index is 0.179. The van der Waals surface area contributed by atoms with Crippen LogP contribution in [0.5, 0.6) is 0 Å². The number of nitrogens with two attached hydrogens (primary N) is 1. The summed E-state index contributed by atoms with van der Waals surface area (Å²) in [6, 6.07) is 2.71. The Labute approximate surface area is 137 Å². The fraction of sp³-hybridized carbons (Fsp3) is 0.308. The lowest BCUT2D eigenvalue weighted by Crippen LogP contribution is -2.38. The van der Waals surface area contributed by atoms with Gasteiger partial charge in [0.25, 0.3) is 5.92 Å². The number of nitrogens with zero attached hydrogens (tertiary/aromatic N) is 3. The summed E-state index contributed by atoms with van der Waals surface area (Å²) in [7, 11) is 0. The van der Waals surface area contributed by atoms with Crippen molar-refractivity contribution in [3.8, 4) is 0 Å². The predicted octanol–water partition coefficient (Wildman–Crippen LogP) is 3.34. The Bertz CT molecular complexity index is 751. The van der Waals surface area contributed by atoms with E-state index >= 15 is 0 Å². The highest BCUT2D eigenvalue weighted by Crippen LogP contribution is 2.34. The van der Waals surface area contributed by atoms with Crippen LogP contribution in [-0.4, -0.2) is 20.6 Å². The van der Waals surface area contributed by atoms with Gasteiger partial charge in [-0.2, -0.15) is 4.68 Å². The van der Waals surface area contributed by atoms with E-state index in [1.165, 1.54) is 19.1 Å². The van der Waals surface area contributed by atoms with Crippen LogP contribution in [0.15, 0.2) is 28.7 Å². The Morgan fingerprint density at radius 3 is 2.70 bits per heavy atom. The monoisotopic (exact) mass is 392 g/mol. The van der Waals surface area contributed by atoms with E-state index in [1.54, 1.807) is 0 Å². The van der Waals surface area contributed by atoms with Crippen LogP contribution in [0, 0.1) is 22.9 Å². The number of hydrogen-bond acceptors (Lipinski definition) is 4. The van der Waals surface area contributed by atoms with Gasteiger partial charge in [-0.15, -0.1) is 0 Å². The normalized spacial score (nSPS) is 13.1. The lowest BCUT2D eigenvalue weighted by Gasteiger charge is -2.23. The number of benzene rings is 1. The smallest absolute Gasteiger partial charge is 0.358 e. The van der Waals surface area contributed by atoms with Crippen molar-refractivity contribution in [2.45, 2.75) is 25.4 Å². The predicted molar refractivity (Wildman–Crippen MR) is 79.6 cm³/mol. The molecule has 0 saturated heterocycles. The summed E-state index contributed by atoms with van der Waals surface area (Å²) in [5.41, 5.74) is 5.34. The topological polar surface area (TPSA) is 87.0 Å². The molecule has 2 aromatic rings. The van der Waals surface area contributed by atoms with Crippen LogP contribution in [0.2, 0.25) is 0 Å². The minimum atomic E-state index is -3.56. The van der Waals surface area contributed by atoms with E-state index in [2.05, 4.69) is 21.0 Å². The van der Waals surface area contributed by atoms with E-state index in [1.807, 2.05) is 0 Å². The number of nitro groups is 1. The van der Waals surface area contributed by atoms with Crippen molar-refractivity contribution >= 4 is 21.7 Å². The second-order valence-electron chi connectivity index (χ2n) is 4.96. The highest BCUT2D eigenvalue weighted by atomic mass is 79.9. The lowest BCUT2D eigenvalue weighted by molar-refractivity contribution is -0.389. The zero-order chi connectivity index (χ0) is 17.4. The highest BCUT2D eigenvalue weighted by Gasteiger charge is 2.41. The molecule has 0 aliphatic heterocycles. The van der Waals surface area contributed by atoms with Gasteiger partial charge in [0.1, 0.15) is 12.4 Å². The van der Waals surface area contributed by atoms with Crippen LogP contribution >= 0.6 is 15.9 Å². The molecule has 1 aromatic carbocycles. The summed E-state index contributed by atoms with van der Waals surface area (Å²) in [5, 5.41) is 14.1. The summed E-state index contributed by atoms with van der Waals surface area (Å²) < 4.78 is 43.6. The van der Waals surface area contributed by atoms with Crippen LogP contribution in [0.25, 0.3) is 0 Å². The average Bonchev–Trinajstić information content (AvgIpc) is 2.81. The Kier molecular flexibility index (Phi) is 4.76. The van der Waals surface area contributed by atoms with E-state index in [4.69, 9.17) is 5.73 Å². The molecule has 0 aliphatic carbocycles. The van der Waals surface area contributed by atoms with Crippen LogP contribution in [-0.2, 0) is 6.54 Å². The third-order valence-electron chi connectivity index (χ3n) is 3.26.